The second-order valence-electron chi connectivity index (χ2n) is 2.14. The molecule has 0 aliphatic heterocycles. The summed E-state index contributed by atoms with van der Waals surface area (Å²) in [5.41, 5.74) is -2.48. The molecule has 0 spiro atoms. The van der Waals surface area contributed by atoms with E-state index in [1.54, 1.807) is 0 Å². The topological polar surface area (TPSA) is 29.5 Å². The molecule has 1 unspecified atom stereocenters. The van der Waals surface area contributed by atoms with E-state index in [0.717, 1.165) is 18.6 Å². The molecule has 0 bridgehead atoms. The van der Waals surface area contributed by atoms with E-state index in [2.05, 4.69) is 6.92 Å². The fraction of sp³-hybridized carbons (Fsp3) is 1.00. The van der Waals surface area contributed by atoms with E-state index < -0.39 is 5.69 Å². The van der Waals surface area contributed by atoms with E-state index in [4.69, 9.17) is 16.3 Å². The van der Waals surface area contributed by atoms with Crippen molar-refractivity contribution in [3.8, 4) is 0 Å². The van der Waals surface area contributed by atoms with Crippen molar-refractivity contribution in [2.24, 2.45) is 0 Å². The molecule has 2 nitrogen and oxygen atoms in total. The minimum Gasteiger partial charge on any atom is -0.337 e. The Bertz CT molecular complexity index is 134. The molecule has 1 N–H and O–H groups in total. The van der Waals surface area contributed by atoms with Crippen LogP contribution < -0.4 is 0 Å². The van der Waals surface area contributed by atoms with Crippen molar-refractivity contribution in [3.63, 3.8) is 0 Å². The molecule has 0 amide bonds. The summed E-state index contributed by atoms with van der Waals surface area (Å²) in [5, 5.41) is 0. The summed E-state index contributed by atoms with van der Waals surface area (Å²) >= 11 is 6.26. The SMILES string of the molecule is CCCOP(O)(=S)SCCC.[AlH3]. The summed E-state index contributed by atoms with van der Waals surface area (Å²) in [6, 6.07) is 0. The van der Waals surface area contributed by atoms with Gasteiger partial charge in [-0.2, -0.15) is 0 Å². The fourth-order valence-electron chi connectivity index (χ4n) is 0.451. The van der Waals surface area contributed by atoms with Gasteiger partial charge in [-0.3, -0.25) is 0 Å². The van der Waals surface area contributed by atoms with Crippen LogP contribution in [0.3, 0.4) is 0 Å². The molecule has 0 aromatic rings. The van der Waals surface area contributed by atoms with Crippen LogP contribution in [-0.4, -0.2) is 34.6 Å². The van der Waals surface area contributed by atoms with Crippen molar-refractivity contribution in [2.45, 2.75) is 26.7 Å². The van der Waals surface area contributed by atoms with Crippen LogP contribution in [0.1, 0.15) is 26.7 Å². The Morgan fingerprint density at radius 3 is 2.42 bits per heavy atom. The van der Waals surface area contributed by atoms with Gasteiger partial charge in [0.1, 0.15) is 0 Å². The third-order valence-electron chi connectivity index (χ3n) is 0.917. The second kappa shape index (κ2) is 9.03. The maximum Gasteiger partial charge on any atom is 0.244 e. The van der Waals surface area contributed by atoms with Crippen molar-refractivity contribution in [1.29, 1.82) is 0 Å². The van der Waals surface area contributed by atoms with Gasteiger partial charge >= 0.3 is 0 Å². The second-order valence-corrected chi connectivity index (χ2v) is 8.43. The van der Waals surface area contributed by atoms with Gasteiger partial charge in [0.25, 0.3) is 0 Å². The highest BCUT2D eigenvalue weighted by Crippen LogP contribution is 2.56. The Kier molecular flexibility index (Phi) is 12.0. The van der Waals surface area contributed by atoms with Crippen molar-refractivity contribution >= 4 is 46.2 Å². The molecule has 0 aliphatic carbocycles. The Balaban J connectivity index is 0. The first kappa shape index (κ1) is 15.9. The van der Waals surface area contributed by atoms with Crippen LogP contribution in [0.5, 0.6) is 0 Å². The lowest BCUT2D eigenvalue weighted by Crippen LogP contribution is -1.88. The average molecular weight is 244 g/mol. The molecule has 74 valence electrons. The van der Waals surface area contributed by atoms with Crippen molar-refractivity contribution < 1.29 is 9.42 Å². The van der Waals surface area contributed by atoms with Crippen LogP contribution in [0, 0.1) is 0 Å². The summed E-state index contributed by atoms with van der Waals surface area (Å²) in [6.07, 6.45) is 1.94. The molecule has 0 aromatic carbocycles. The zero-order valence-corrected chi connectivity index (χ0v) is 9.48. The van der Waals surface area contributed by atoms with E-state index in [0.29, 0.717) is 6.61 Å². The highest BCUT2D eigenvalue weighted by Gasteiger charge is 2.12. The van der Waals surface area contributed by atoms with E-state index in [9.17, 15) is 4.89 Å². The predicted octanol–water partition coefficient (Wildman–Crippen LogP) is 1.59. The zero-order valence-electron chi connectivity index (χ0n) is 6.95. The van der Waals surface area contributed by atoms with E-state index in [1.807, 2.05) is 6.92 Å². The number of rotatable bonds is 6. The minimum atomic E-state index is -2.48. The summed E-state index contributed by atoms with van der Waals surface area (Å²) < 4.78 is 5.13. The molecular weight excluding hydrogens is 226 g/mol. The minimum absolute atomic E-state index is 0. The molecule has 0 saturated heterocycles. The molecule has 0 rings (SSSR count). The van der Waals surface area contributed by atoms with Crippen LogP contribution in [0.2, 0.25) is 0 Å². The smallest absolute Gasteiger partial charge is 0.244 e. The van der Waals surface area contributed by atoms with Gasteiger partial charge in [0.05, 0.1) is 6.61 Å². The van der Waals surface area contributed by atoms with Crippen molar-refractivity contribution in [1.82, 2.24) is 0 Å². The lowest BCUT2D eigenvalue weighted by molar-refractivity contribution is 0.320. The lowest BCUT2D eigenvalue weighted by atomic mass is 10.5. The highest BCUT2D eigenvalue weighted by molar-refractivity contribution is 8.67. The van der Waals surface area contributed by atoms with Gasteiger partial charge in [0.15, 0.2) is 17.4 Å². The standard InChI is InChI=1S/C6H15O2PS2.Al.3H/c1-3-5-8-9(7,10)11-6-4-2;;;;/h3-6H2,1-2H3,(H,7,10);;;;. The molecule has 0 radical (unpaired) electrons. The third-order valence-corrected chi connectivity index (χ3v) is 5.45. The van der Waals surface area contributed by atoms with E-state index >= 15 is 0 Å². The summed E-state index contributed by atoms with van der Waals surface area (Å²) in [6.45, 7) is 4.63. The van der Waals surface area contributed by atoms with Crippen molar-refractivity contribution in [3.05, 3.63) is 0 Å². The van der Waals surface area contributed by atoms with E-state index in [-0.39, 0.29) is 17.4 Å². The molecule has 1 atom stereocenters. The largest absolute Gasteiger partial charge is 0.337 e. The van der Waals surface area contributed by atoms with Crippen LogP contribution in [0.15, 0.2) is 0 Å². The Morgan fingerprint density at radius 2 is 2.00 bits per heavy atom. The van der Waals surface area contributed by atoms with Crippen LogP contribution in [0.4, 0.5) is 0 Å². The summed E-state index contributed by atoms with van der Waals surface area (Å²) in [7, 11) is 0. The molecule has 0 saturated carbocycles. The van der Waals surface area contributed by atoms with E-state index in [1.165, 1.54) is 11.4 Å². The quantitative estimate of drug-likeness (QED) is 0.567. The predicted molar refractivity (Wildman–Crippen MR) is 65.4 cm³/mol. The third kappa shape index (κ3) is 9.54. The maximum absolute atomic E-state index is 9.44. The first-order chi connectivity index (χ1) is 5.12. The van der Waals surface area contributed by atoms with Gasteiger partial charge in [-0.25, -0.2) is 0 Å². The molecule has 0 aromatic heterocycles. The highest BCUT2D eigenvalue weighted by atomic mass is 32.9. The Hall–Kier alpha value is 1.45. The lowest BCUT2D eigenvalue weighted by Gasteiger charge is -2.13. The van der Waals surface area contributed by atoms with Gasteiger partial charge in [0, 0.05) is 5.75 Å². The molecule has 0 fully saturated rings. The summed E-state index contributed by atoms with van der Waals surface area (Å²) in [5.74, 6) is 0.886. The number of hydrogen-bond donors (Lipinski definition) is 1. The monoisotopic (exact) mass is 244 g/mol. The van der Waals surface area contributed by atoms with Crippen LogP contribution in [-0.2, 0) is 16.3 Å². The van der Waals surface area contributed by atoms with Gasteiger partial charge in [0.2, 0.25) is 5.69 Å². The van der Waals surface area contributed by atoms with Crippen LogP contribution >= 0.6 is 17.1 Å². The fourth-order valence-corrected chi connectivity index (χ4v) is 3.93. The normalized spacial score (nSPS) is 14.9. The first-order valence-electron chi connectivity index (χ1n) is 3.74. The molecule has 6 heteroatoms. The van der Waals surface area contributed by atoms with Gasteiger partial charge in [-0.1, -0.05) is 25.2 Å². The summed E-state index contributed by atoms with van der Waals surface area (Å²) in [4.78, 5) is 9.44. The molecule has 0 heterocycles. The molecular formula is C6H18AlO2PS2. The first-order valence-corrected chi connectivity index (χ1v) is 8.00. The maximum atomic E-state index is 9.44. The van der Waals surface area contributed by atoms with Gasteiger partial charge in [-0.05, 0) is 24.6 Å². The van der Waals surface area contributed by atoms with Crippen molar-refractivity contribution in [2.75, 3.05) is 12.4 Å². The van der Waals surface area contributed by atoms with Crippen LogP contribution in [0.25, 0.3) is 0 Å². The Morgan fingerprint density at radius 1 is 1.42 bits per heavy atom. The Labute approximate surface area is 94.5 Å². The molecule has 12 heavy (non-hydrogen) atoms. The molecule has 0 aliphatic rings. The van der Waals surface area contributed by atoms with Gasteiger partial charge in [-0.15, -0.1) is 0 Å². The zero-order chi connectivity index (χ0) is 8.74. The van der Waals surface area contributed by atoms with Gasteiger partial charge < -0.3 is 9.42 Å². The number of hydrogen-bond acceptors (Lipinski definition) is 3. The average Bonchev–Trinajstić information content (AvgIpc) is 1.97.